The van der Waals surface area contributed by atoms with E-state index >= 15 is 0 Å². The Morgan fingerprint density at radius 1 is 0.815 bits per heavy atom. The topological polar surface area (TPSA) is 74.6 Å². The van der Waals surface area contributed by atoms with Gasteiger partial charge in [-0.1, -0.05) is 74.7 Å². The summed E-state index contributed by atoms with van der Waals surface area (Å²) in [5.41, 5.74) is -3.12. The zero-order valence-electron chi connectivity index (χ0n) is 18.8. The third-order valence-electron chi connectivity index (χ3n) is 6.47. The van der Waals surface area contributed by atoms with Gasteiger partial charge in [0, 0.05) is 0 Å². The van der Waals surface area contributed by atoms with Gasteiger partial charge >= 0.3 is 11.9 Å². The van der Waals surface area contributed by atoms with E-state index in [1.165, 1.54) is 0 Å². The molecule has 0 aromatic carbocycles. The van der Waals surface area contributed by atoms with Crippen molar-refractivity contribution in [2.24, 2.45) is 33.5 Å². The van der Waals surface area contributed by atoms with Crippen molar-refractivity contribution in [3.8, 4) is 0 Å². The van der Waals surface area contributed by atoms with Crippen LogP contribution < -0.4 is 0 Å². The molecule has 158 valence electrons. The summed E-state index contributed by atoms with van der Waals surface area (Å²) in [6.07, 6.45) is 5.48. The Hall–Kier alpha value is -1.06. The van der Waals surface area contributed by atoms with Crippen molar-refractivity contribution in [1.29, 1.82) is 0 Å². The molecule has 0 aliphatic heterocycles. The largest absolute Gasteiger partial charge is 0.481 e. The maximum absolute atomic E-state index is 13.1. The summed E-state index contributed by atoms with van der Waals surface area (Å²) in [6, 6.07) is 0. The van der Waals surface area contributed by atoms with Crippen LogP contribution in [-0.4, -0.2) is 22.2 Å². The molecule has 0 aromatic heterocycles. The number of aliphatic carboxylic acids is 2. The number of carboxylic acids is 2. The Labute approximate surface area is 166 Å². The first-order chi connectivity index (χ1) is 12.1. The van der Waals surface area contributed by atoms with Crippen molar-refractivity contribution in [3.05, 3.63) is 0 Å². The van der Waals surface area contributed by atoms with E-state index in [-0.39, 0.29) is 22.7 Å². The minimum Gasteiger partial charge on any atom is -0.481 e. The molecule has 0 spiro atoms. The normalized spacial score (nSPS) is 21.5. The zero-order chi connectivity index (χ0) is 21.3. The van der Waals surface area contributed by atoms with E-state index in [4.69, 9.17) is 0 Å². The van der Waals surface area contributed by atoms with Crippen LogP contribution in [0, 0.1) is 33.5 Å². The van der Waals surface area contributed by atoms with Gasteiger partial charge in [0.25, 0.3) is 0 Å². The number of rotatable bonds is 7. The molecule has 1 saturated carbocycles. The van der Waals surface area contributed by atoms with Gasteiger partial charge in [-0.2, -0.15) is 0 Å². The van der Waals surface area contributed by atoms with Gasteiger partial charge in [-0.05, 0) is 48.3 Å². The Balaban J connectivity index is 3.86. The fraction of sp³-hybridized carbons (Fsp3) is 0.913. The standard InChI is InChI=1S/C23H42O4/c1-16(2)22(18(24)25,14-20(3,4)5)23(19(26)27,15-21(6,7)8)17-12-10-9-11-13-17/h16-17H,9-15H2,1-8H3,(H,24,25)(H,26,27). The van der Waals surface area contributed by atoms with Gasteiger partial charge in [0.2, 0.25) is 0 Å². The fourth-order valence-electron chi connectivity index (χ4n) is 5.77. The average Bonchev–Trinajstić information content (AvgIpc) is 2.48. The molecule has 27 heavy (non-hydrogen) atoms. The maximum atomic E-state index is 13.1. The lowest BCUT2D eigenvalue weighted by Gasteiger charge is -2.56. The molecule has 0 amide bonds. The van der Waals surface area contributed by atoms with Crippen LogP contribution in [0.1, 0.15) is 100 Å². The summed E-state index contributed by atoms with van der Waals surface area (Å²) in [5, 5.41) is 21.3. The third-order valence-corrected chi connectivity index (χ3v) is 6.47. The lowest BCUT2D eigenvalue weighted by Crippen LogP contribution is -2.61. The summed E-state index contributed by atoms with van der Waals surface area (Å²) < 4.78 is 0. The lowest BCUT2D eigenvalue weighted by atomic mass is 9.45. The number of carbonyl (C=O) groups is 2. The van der Waals surface area contributed by atoms with Crippen LogP contribution in [0.2, 0.25) is 0 Å². The van der Waals surface area contributed by atoms with Crippen LogP contribution in [-0.2, 0) is 9.59 Å². The van der Waals surface area contributed by atoms with Crippen molar-refractivity contribution in [2.75, 3.05) is 0 Å². The molecule has 0 heterocycles. The first kappa shape index (κ1) is 24.0. The van der Waals surface area contributed by atoms with Crippen LogP contribution in [0.5, 0.6) is 0 Å². The lowest BCUT2D eigenvalue weighted by molar-refractivity contribution is -0.198. The molecule has 4 nitrogen and oxygen atoms in total. The van der Waals surface area contributed by atoms with E-state index < -0.39 is 22.8 Å². The van der Waals surface area contributed by atoms with Crippen molar-refractivity contribution >= 4 is 11.9 Å². The van der Waals surface area contributed by atoms with E-state index in [0.29, 0.717) is 12.8 Å². The fourth-order valence-corrected chi connectivity index (χ4v) is 5.77. The molecule has 0 saturated heterocycles. The number of hydrogen-bond donors (Lipinski definition) is 2. The molecule has 4 heteroatoms. The third kappa shape index (κ3) is 4.86. The van der Waals surface area contributed by atoms with Crippen molar-refractivity contribution < 1.29 is 19.8 Å². The van der Waals surface area contributed by atoms with E-state index in [2.05, 4.69) is 0 Å². The van der Waals surface area contributed by atoms with Gasteiger partial charge in [0.1, 0.15) is 0 Å². The summed E-state index contributed by atoms with van der Waals surface area (Å²) in [5.74, 6) is -2.22. The van der Waals surface area contributed by atoms with E-state index in [9.17, 15) is 19.8 Å². The Bertz CT molecular complexity index is 532. The summed E-state index contributed by atoms with van der Waals surface area (Å²) in [6.45, 7) is 16.0. The second-order valence-corrected chi connectivity index (χ2v) is 11.5. The summed E-state index contributed by atoms with van der Waals surface area (Å²) in [4.78, 5) is 26.0. The van der Waals surface area contributed by atoms with E-state index in [1.54, 1.807) is 0 Å². The SMILES string of the molecule is CC(C)C(CC(C)(C)C)(C(=O)O)C(CC(C)(C)C)(C(=O)O)C1CCCCC1. The summed E-state index contributed by atoms with van der Waals surface area (Å²) >= 11 is 0. The highest BCUT2D eigenvalue weighted by Gasteiger charge is 2.67. The molecule has 1 aliphatic carbocycles. The molecule has 1 rings (SSSR count). The van der Waals surface area contributed by atoms with Crippen molar-refractivity contribution in [2.45, 2.75) is 100 Å². The first-order valence-corrected chi connectivity index (χ1v) is 10.6. The summed E-state index contributed by atoms with van der Waals surface area (Å²) in [7, 11) is 0. The first-order valence-electron chi connectivity index (χ1n) is 10.6. The number of carboxylic acid groups (broad SMARTS) is 2. The van der Waals surface area contributed by atoms with Crippen LogP contribution in [0.3, 0.4) is 0 Å². The molecule has 1 aliphatic rings. The predicted octanol–water partition coefficient (Wildman–Crippen LogP) is 6.24. The average molecular weight is 383 g/mol. The molecule has 0 radical (unpaired) electrons. The smallest absolute Gasteiger partial charge is 0.311 e. The van der Waals surface area contributed by atoms with Crippen molar-refractivity contribution in [3.63, 3.8) is 0 Å². The molecule has 0 aromatic rings. The highest BCUT2D eigenvalue weighted by Crippen LogP contribution is 2.62. The minimum absolute atomic E-state index is 0.0937. The van der Waals surface area contributed by atoms with Gasteiger partial charge in [0.05, 0.1) is 10.8 Å². The van der Waals surface area contributed by atoms with Crippen LogP contribution in [0.4, 0.5) is 0 Å². The quantitative estimate of drug-likeness (QED) is 0.547. The Morgan fingerprint density at radius 3 is 1.56 bits per heavy atom. The highest BCUT2D eigenvalue weighted by atomic mass is 16.4. The van der Waals surface area contributed by atoms with Crippen molar-refractivity contribution in [1.82, 2.24) is 0 Å². The molecule has 2 N–H and O–H groups in total. The Kier molecular flexibility index (Phi) is 7.22. The molecule has 1 fully saturated rings. The van der Waals surface area contributed by atoms with E-state index in [1.807, 2.05) is 55.4 Å². The number of hydrogen-bond acceptors (Lipinski definition) is 2. The van der Waals surface area contributed by atoms with Gasteiger partial charge in [-0.3, -0.25) is 9.59 Å². The predicted molar refractivity (Wildman–Crippen MR) is 110 cm³/mol. The second-order valence-electron chi connectivity index (χ2n) is 11.5. The highest BCUT2D eigenvalue weighted by molar-refractivity contribution is 5.87. The molecule has 0 bridgehead atoms. The molecular formula is C23H42O4. The molecular weight excluding hydrogens is 340 g/mol. The monoisotopic (exact) mass is 382 g/mol. The molecule has 2 atom stereocenters. The minimum atomic E-state index is -1.30. The van der Waals surface area contributed by atoms with Gasteiger partial charge in [-0.15, -0.1) is 0 Å². The van der Waals surface area contributed by atoms with Crippen LogP contribution in [0.25, 0.3) is 0 Å². The zero-order valence-corrected chi connectivity index (χ0v) is 18.8. The van der Waals surface area contributed by atoms with Crippen LogP contribution in [0.15, 0.2) is 0 Å². The maximum Gasteiger partial charge on any atom is 0.311 e. The van der Waals surface area contributed by atoms with Gasteiger partial charge < -0.3 is 10.2 Å². The van der Waals surface area contributed by atoms with Gasteiger partial charge in [-0.25, -0.2) is 0 Å². The van der Waals surface area contributed by atoms with Crippen LogP contribution >= 0.6 is 0 Å². The van der Waals surface area contributed by atoms with E-state index in [0.717, 1.165) is 32.1 Å². The second kappa shape index (κ2) is 8.13. The Morgan fingerprint density at radius 2 is 1.26 bits per heavy atom. The van der Waals surface area contributed by atoms with Gasteiger partial charge in [0.15, 0.2) is 0 Å². The molecule has 2 unspecified atom stereocenters.